The summed E-state index contributed by atoms with van der Waals surface area (Å²) in [4.78, 5) is 0. The zero-order valence-electron chi connectivity index (χ0n) is 11.9. The van der Waals surface area contributed by atoms with Gasteiger partial charge in [0.1, 0.15) is 0 Å². The third-order valence-corrected chi connectivity index (χ3v) is 4.95. The first-order chi connectivity index (χ1) is 10.1. The minimum atomic E-state index is -3.45. The van der Waals surface area contributed by atoms with Crippen LogP contribution >= 0.6 is 0 Å². The lowest BCUT2D eigenvalue weighted by Gasteiger charge is -2.05. The molecule has 0 aliphatic carbocycles. The van der Waals surface area contributed by atoms with Crippen LogP contribution in [0, 0.1) is 0 Å². The second kappa shape index (κ2) is 6.82. The maximum atomic E-state index is 12.3. The van der Waals surface area contributed by atoms with Crippen LogP contribution in [0.2, 0.25) is 0 Å². The molecule has 0 radical (unpaired) electrons. The topological polar surface area (TPSA) is 85.1 Å². The Morgan fingerprint density at radius 2 is 1.81 bits per heavy atom. The average Bonchev–Trinajstić information content (AvgIpc) is 2.87. The molecule has 1 heterocycles. The molecule has 2 rings (SSSR count). The van der Waals surface area contributed by atoms with Crippen molar-refractivity contribution in [2.24, 2.45) is 7.05 Å². The summed E-state index contributed by atoms with van der Waals surface area (Å²) in [6, 6.07) is 9.35. The smallest absolute Gasteiger partial charge is 0.249 e. The van der Waals surface area contributed by atoms with Crippen molar-refractivity contribution in [2.75, 3.05) is 12.4 Å². The molecule has 6 nitrogen and oxygen atoms in total. The lowest BCUT2D eigenvalue weighted by atomic mass is 10.2. The van der Waals surface area contributed by atoms with Crippen LogP contribution in [0.3, 0.4) is 0 Å². The van der Waals surface area contributed by atoms with Gasteiger partial charge in [-0.1, -0.05) is 36.8 Å². The van der Waals surface area contributed by atoms with E-state index in [1.807, 2.05) is 30.3 Å². The fourth-order valence-corrected chi connectivity index (χ4v) is 3.53. The van der Waals surface area contributed by atoms with E-state index in [2.05, 4.69) is 10.2 Å². The van der Waals surface area contributed by atoms with Gasteiger partial charge in [-0.25, -0.2) is 8.42 Å². The second-order valence-electron chi connectivity index (χ2n) is 4.83. The van der Waals surface area contributed by atoms with E-state index < -0.39 is 9.84 Å². The molecule has 1 aromatic carbocycles. The van der Waals surface area contributed by atoms with Gasteiger partial charge in [-0.05, 0) is 12.8 Å². The SMILES string of the molecule is Cn1c(-c2ccccc2)nnc1S(=O)(=O)CCCCCO. The molecule has 0 aliphatic rings. The largest absolute Gasteiger partial charge is 0.396 e. The average molecular weight is 309 g/mol. The first-order valence-electron chi connectivity index (χ1n) is 6.84. The van der Waals surface area contributed by atoms with Gasteiger partial charge in [0.2, 0.25) is 15.0 Å². The highest BCUT2D eigenvalue weighted by atomic mass is 32.2. The normalized spacial score (nSPS) is 11.7. The molecule has 114 valence electrons. The van der Waals surface area contributed by atoms with Gasteiger partial charge in [-0.2, -0.15) is 0 Å². The quantitative estimate of drug-likeness (QED) is 0.782. The van der Waals surface area contributed by atoms with Gasteiger partial charge in [-0.15, -0.1) is 10.2 Å². The van der Waals surface area contributed by atoms with Gasteiger partial charge in [0.15, 0.2) is 5.82 Å². The van der Waals surface area contributed by atoms with Crippen molar-refractivity contribution in [2.45, 2.75) is 24.4 Å². The molecule has 0 fully saturated rings. The predicted octanol–water partition coefficient (Wildman–Crippen LogP) is 1.42. The number of hydrogen-bond donors (Lipinski definition) is 1. The first kappa shape index (κ1) is 15.7. The van der Waals surface area contributed by atoms with Crippen LogP contribution in [0.5, 0.6) is 0 Å². The number of aromatic nitrogens is 3. The summed E-state index contributed by atoms with van der Waals surface area (Å²) >= 11 is 0. The number of aliphatic hydroxyl groups is 1. The molecule has 0 saturated carbocycles. The van der Waals surface area contributed by atoms with E-state index in [1.54, 1.807) is 7.05 Å². The van der Waals surface area contributed by atoms with Crippen molar-refractivity contribution in [1.82, 2.24) is 14.8 Å². The first-order valence-corrected chi connectivity index (χ1v) is 8.50. The third-order valence-electron chi connectivity index (χ3n) is 3.22. The minimum Gasteiger partial charge on any atom is -0.396 e. The van der Waals surface area contributed by atoms with E-state index in [0.717, 1.165) is 5.56 Å². The van der Waals surface area contributed by atoms with E-state index in [0.29, 0.717) is 25.1 Å². The second-order valence-corrected chi connectivity index (χ2v) is 6.84. The highest BCUT2D eigenvalue weighted by molar-refractivity contribution is 7.91. The highest BCUT2D eigenvalue weighted by Crippen LogP contribution is 2.19. The summed E-state index contributed by atoms with van der Waals surface area (Å²) in [5.41, 5.74) is 0.828. The number of rotatable bonds is 7. The van der Waals surface area contributed by atoms with Crippen LogP contribution in [0.1, 0.15) is 19.3 Å². The fourth-order valence-electron chi connectivity index (χ4n) is 2.10. The Bertz CT molecular complexity index is 681. The van der Waals surface area contributed by atoms with E-state index in [4.69, 9.17) is 5.11 Å². The Kier molecular flexibility index (Phi) is 5.08. The zero-order chi connectivity index (χ0) is 15.3. The molecule has 0 amide bonds. The van der Waals surface area contributed by atoms with Crippen molar-refractivity contribution in [1.29, 1.82) is 0 Å². The van der Waals surface area contributed by atoms with Gasteiger partial charge < -0.3 is 9.67 Å². The van der Waals surface area contributed by atoms with Crippen molar-refractivity contribution in [3.8, 4) is 11.4 Å². The number of unbranched alkanes of at least 4 members (excludes halogenated alkanes) is 2. The Hall–Kier alpha value is -1.73. The summed E-state index contributed by atoms with van der Waals surface area (Å²) in [6.07, 6.45) is 1.80. The molecular weight excluding hydrogens is 290 g/mol. The summed E-state index contributed by atoms with van der Waals surface area (Å²) < 4.78 is 26.1. The molecule has 0 spiro atoms. The maximum absolute atomic E-state index is 12.3. The van der Waals surface area contributed by atoms with Crippen molar-refractivity contribution < 1.29 is 13.5 Å². The molecule has 0 unspecified atom stereocenters. The molecule has 1 N–H and O–H groups in total. The monoisotopic (exact) mass is 309 g/mol. The summed E-state index contributed by atoms with van der Waals surface area (Å²) in [5, 5.41) is 16.5. The predicted molar refractivity (Wildman–Crippen MR) is 79.4 cm³/mol. The van der Waals surface area contributed by atoms with Crippen molar-refractivity contribution in [3.05, 3.63) is 30.3 Å². The lowest BCUT2D eigenvalue weighted by Crippen LogP contribution is -2.13. The molecular formula is C14H19N3O3S. The van der Waals surface area contributed by atoms with Gasteiger partial charge in [0, 0.05) is 19.2 Å². The Morgan fingerprint density at radius 1 is 1.10 bits per heavy atom. The van der Waals surface area contributed by atoms with Gasteiger partial charge in [0.05, 0.1) is 5.75 Å². The maximum Gasteiger partial charge on any atom is 0.249 e. The van der Waals surface area contributed by atoms with E-state index >= 15 is 0 Å². The molecule has 0 atom stereocenters. The molecule has 0 saturated heterocycles. The molecule has 0 aliphatic heterocycles. The van der Waals surface area contributed by atoms with E-state index in [1.165, 1.54) is 4.57 Å². The number of sulfone groups is 1. The number of aliphatic hydroxyl groups excluding tert-OH is 1. The molecule has 0 bridgehead atoms. The van der Waals surface area contributed by atoms with Crippen LogP contribution < -0.4 is 0 Å². The van der Waals surface area contributed by atoms with Crippen LogP contribution in [0.15, 0.2) is 35.5 Å². The van der Waals surface area contributed by atoms with Crippen LogP contribution in [0.25, 0.3) is 11.4 Å². The van der Waals surface area contributed by atoms with Crippen molar-refractivity contribution >= 4 is 9.84 Å². The van der Waals surface area contributed by atoms with E-state index in [9.17, 15) is 8.42 Å². The number of benzene rings is 1. The van der Waals surface area contributed by atoms with Gasteiger partial charge in [-0.3, -0.25) is 0 Å². The summed E-state index contributed by atoms with van der Waals surface area (Å²) in [7, 11) is -1.80. The van der Waals surface area contributed by atoms with Crippen LogP contribution in [-0.4, -0.2) is 40.6 Å². The van der Waals surface area contributed by atoms with Gasteiger partial charge in [0.25, 0.3) is 0 Å². The van der Waals surface area contributed by atoms with Crippen LogP contribution in [0.4, 0.5) is 0 Å². The summed E-state index contributed by atoms with van der Waals surface area (Å²) in [6.45, 7) is 0.0855. The zero-order valence-corrected chi connectivity index (χ0v) is 12.8. The van der Waals surface area contributed by atoms with Gasteiger partial charge >= 0.3 is 0 Å². The Labute approximate surface area is 124 Å². The molecule has 7 heteroatoms. The lowest BCUT2D eigenvalue weighted by molar-refractivity contribution is 0.284. The standard InChI is InChI=1S/C14H19N3O3S/c1-17-13(12-8-4-2-5-9-12)15-16-14(17)21(19,20)11-7-3-6-10-18/h2,4-5,8-9,18H,3,6-7,10-11H2,1H3. The minimum absolute atomic E-state index is 0.00893. The van der Waals surface area contributed by atoms with Crippen molar-refractivity contribution in [3.63, 3.8) is 0 Å². The van der Waals surface area contributed by atoms with E-state index in [-0.39, 0.29) is 17.5 Å². The molecule has 2 aromatic rings. The highest BCUT2D eigenvalue weighted by Gasteiger charge is 2.22. The fraction of sp³-hybridized carbons (Fsp3) is 0.429. The Balaban J connectivity index is 2.20. The number of hydrogen-bond acceptors (Lipinski definition) is 5. The molecule has 21 heavy (non-hydrogen) atoms. The Morgan fingerprint density at radius 3 is 2.48 bits per heavy atom. The van der Waals surface area contributed by atoms with Crippen LogP contribution in [-0.2, 0) is 16.9 Å². The third kappa shape index (κ3) is 3.68. The molecule has 1 aromatic heterocycles. The number of nitrogens with zero attached hydrogens (tertiary/aromatic N) is 3. The summed E-state index contributed by atoms with van der Waals surface area (Å²) in [5.74, 6) is 0.554.